The van der Waals surface area contributed by atoms with Gasteiger partial charge in [-0.05, 0) is 30.5 Å². The van der Waals surface area contributed by atoms with Crippen molar-refractivity contribution < 1.29 is 39.0 Å². The van der Waals surface area contributed by atoms with Gasteiger partial charge >= 0.3 is 0 Å². The van der Waals surface area contributed by atoms with Crippen LogP contribution in [0, 0.1) is 0 Å². The molecular formula is C34H44O8. The lowest BCUT2D eigenvalue weighted by Gasteiger charge is -2.46. The second kappa shape index (κ2) is 15.7. The predicted octanol–water partition coefficient (Wildman–Crippen LogP) is 4.39. The average molecular weight is 581 g/mol. The highest BCUT2D eigenvalue weighted by Crippen LogP contribution is 2.35. The molecule has 1 fully saturated rings. The Bertz CT molecular complexity index is 1160. The molecule has 3 N–H and O–H groups in total. The molecule has 0 saturated carbocycles. The molecule has 8 heteroatoms. The predicted molar refractivity (Wildman–Crippen MR) is 158 cm³/mol. The number of aliphatic hydroxyl groups is 3. The Morgan fingerprint density at radius 2 is 1.29 bits per heavy atom. The van der Waals surface area contributed by atoms with E-state index in [0.29, 0.717) is 13.2 Å². The van der Waals surface area contributed by atoms with Gasteiger partial charge < -0.3 is 39.0 Å². The van der Waals surface area contributed by atoms with Gasteiger partial charge in [-0.25, -0.2) is 0 Å². The number of benzene rings is 3. The molecule has 1 aliphatic heterocycles. The summed E-state index contributed by atoms with van der Waals surface area (Å²) in [6, 6.07) is 29.5. The Hall–Kier alpha value is -2.66. The topological polar surface area (TPSA) is 107 Å². The maximum absolute atomic E-state index is 11.6. The van der Waals surface area contributed by atoms with Crippen LogP contribution < -0.4 is 0 Å². The summed E-state index contributed by atoms with van der Waals surface area (Å²) in [6.07, 6.45) is -5.90. The Labute approximate surface area is 248 Å². The summed E-state index contributed by atoms with van der Waals surface area (Å²) in [7, 11) is 1.43. The molecule has 1 aliphatic rings. The number of hydrogen-bond acceptors (Lipinski definition) is 8. The average Bonchev–Trinajstić information content (AvgIpc) is 3.02. The van der Waals surface area contributed by atoms with E-state index < -0.39 is 48.5 Å². The Kier molecular flexibility index (Phi) is 12.1. The Balaban J connectivity index is 1.57. The number of rotatable bonds is 15. The molecule has 228 valence electrons. The second-order valence-electron chi connectivity index (χ2n) is 11.0. The largest absolute Gasteiger partial charge is 0.390 e. The highest BCUT2D eigenvalue weighted by atomic mass is 16.7. The van der Waals surface area contributed by atoms with Crippen LogP contribution in [-0.2, 0) is 43.5 Å². The summed E-state index contributed by atoms with van der Waals surface area (Å²) in [6.45, 7) is 4.55. The fraction of sp³-hybridized carbons (Fsp3) is 0.471. The summed E-state index contributed by atoms with van der Waals surface area (Å²) in [5.41, 5.74) is 1.24. The van der Waals surface area contributed by atoms with E-state index in [2.05, 4.69) is 0 Å². The maximum Gasteiger partial charge on any atom is 0.183 e. The SMILES string of the molecule is CO[C@H]1O[C@H](C)[C@@](O)([C@@H](O)C[C@H](OCc2ccccc2)[C@H](OCc2ccccc2)[C@@H](C)OCc2ccccc2)C[C@H]1O. The van der Waals surface area contributed by atoms with Gasteiger partial charge in [-0.3, -0.25) is 0 Å². The van der Waals surface area contributed by atoms with Crippen molar-refractivity contribution in [1.82, 2.24) is 0 Å². The van der Waals surface area contributed by atoms with Crippen molar-refractivity contribution in [2.24, 2.45) is 0 Å². The van der Waals surface area contributed by atoms with E-state index in [1.165, 1.54) is 7.11 Å². The third-order valence-electron chi connectivity index (χ3n) is 7.93. The van der Waals surface area contributed by atoms with Crippen molar-refractivity contribution in [3.05, 3.63) is 108 Å². The second-order valence-corrected chi connectivity index (χ2v) is 11.0. The molecule has 8 nitrogen and oxygen atoms in total. The molecule has 4 rings (SSSR count). The van der Waals surface area contributed by atoms with Gasteiger partial charge in [0.25, 0.3) is 0 Å². The quantitative estimate of drug-likeness (QED) is 0.243. The molecule has 1 heterocycles. The van der Waals surface area contributed by atoms with Gasteiger partial charge in [0, 0.05) is 20.0 Å². The van der Waals surface area contributed by atoms with Gasteiger partial charge in [0.05, 0.1) is 44.2 Å². The summed E-state index contributed by atoms with van der Waals surface area (Å²) in [5.74, 6) is 0. The smallest absolute Gasteiger partial charge is 0.183 e. The van der Waals surface area contributed by atoms with Crippen molar-refractivity contribution in [2.45, 2.75) is 95.0 Å². The van der Waals surface area contributed by atoms with Crippen LogP contribution in [0.1, 0.15) is 43.4 Å². The van der Waals surface area contributed by atoms with E-state index >= 15 is 0 Å². The molecule has 0 bridgehead atoms. The van der Waals surface area contributed by atoms with E-state index in [-0.39, 0.29) is 19.4 Å². The van der Waals surface area contributed by atoms with Crippen LogP contribution in [0.3, 0.4) is 0 Å². The number of ether oxygens (including phenoxy) is 5. The zero-order valence-electron chi connectivity index (χ0n) is 24.6. The summed E-state index contributed by atoms with van der Waals surface area (Å²) >= 11 is 0. The summed E-state index contributed by atoms with van der Waals surface area (Å²) in [5, 5.41) is 33.6. The minimum Gasteiger partial charge on any atom is -0.390 e. The van der Waals surface area contributed by atoms with E-state index in [4.69, 9.17) is 23.7 Å². The minimum absolute atomic E-state index is 0.0138. The maximum atomic E-state index is 11.6. The zero-order chi connectivity index (χ0) is 30.0. The normalized spacial score (nSPS) is 25.4. The van der Waals surface area contributed by atoms with Gasteiger partial charge in [0.15, 0.2) is 6.29 Å². The third-order valence-corrected chi connectivity index (χ3v) is 7.93. The zero-order valence-corrected chi connectivity index (χ0v) is 24.6. The number of methoxy groups -OCH3 is 1. The first-order valence-electron chi connectivity index (χ1n) is 14.5. The van der Waals surface area contributed by atoms with Crippen molar-refractivity contribution in [1.29, 1.82) is 0 Å². The first-order chi connectivity index (χ1) is 20.3. The highest BCUT2D eigenvalue weighted by molar-refractivity contribution is 5.15. The molecule has 0 spiro atoms. The molecule has 1 saturated heterocycles. The van der Waals surface area contributed by atoms with Crippen LogP contribution >= 0.6 is 0 Å². The highest BCUT2D eigenvalue weighted by Gasteiger charge is 2.51. The fourth-order valence-electron chi connectivity index (χ4n) is 5.33. The van der Waals surface area contributed by atoms with Crippen molar-refractivity contribution in [2.75, 3.05) is 7.11 Å². The van der Waals surface area contributed by atoms with Crippen LogP contribution in [0.15, 0.2) is 91.0 Å². The molecule has 0 radical (unpaired) electrons. The Morgan fingerprint density at radius 3 is 1.79 bits per heavy atom. The summed E-state index contributed by atoms with van der Waals surface area (Å²) < 4.78 is 30.2. The molecule has 0 aromatic heterocycles. The van der Waals surface area contributed by atoms with Gasteiger partial charge in [-0.1, -0.05) is 91.0 Å². The van der Waals surface area contributed by atoms with Gasteiger partial charge in [0.2, 0.25) is 0 Å². The first-order valence-corrected chi connectivity index (χ1v) is 14.5. The lowest BCUT2D eigenvalue weighted by atomic mass is 9.80. The molecule has 3 aromatic carbocycles. The van der Waals surface area contributed by atoms with E-state index in [0.717, 1.165) is 16.7 Å². The summed E-state index contributed by atoms with van der Waals surface area (Å²) in [4.78, 5) is 0. The molecule has 3 aromatic rings. The van der Waals surface area contributed by atoms with Crippen LogP contribution in [0.2, 0.25) is 0 Å². The minimum atomic E-state index is -1.74. The van der Waals surface area contributed by atoms with Crippen LogP contribution in [-0.4, -0.2) is 70.9 Å². The molecular weight excluding hydrogens is 536 g/mol. The van der Waals surface area contributed by atoms with E-state index in [1.54, 1.807) is 6.92 Å². The molecule has 42 heavy (non-hydrogen) atoms. The van der Waals surface area contributed by atoms with Crippen LogP contribution in [0.5, 0.6) is 0 Å². The van der Waals surface area contributed by atoms with Gasteiger partial charge in [-0.2, -0.15) is 0 Å². The number of hydrogen-bond donors (Lipinski definition) is 3. The van der Waals surface area contributed by atoms with Crippen molar-refractivity contribution in [3.8, 4) is 0 Å². The Morgan fingerprint density at radius 1 is 0.810 bits per heavy atom. The van der Waals surface area contributed by atoms with Crippen LogP contribution in [0.25, 0.3) is 0 Å². The van der Waals surface area contributed by atoms with Crippen molar-refractivity contribution >= 4 is 0 Å². The standard InChI is InChI=1S/C34H44O8/c1-24(39-21-26-13-7-4-8-14-26)32(41-23-28-17-11-6-12-18-28)30(40-22-27-15-9-5-10-16-27)19-31(36)34(37)20-29(35)33(38-3)42-25(34)2/h4-18,24-25,29-33,35-37H,19-23H2,1-3H3/t24-,25-,29-,30+,31+,32-,33+,34-/m1/s1. The fourth-order valence-corrected chi connectivity index (χ4v) is 5.33. The van der Waals surface area contributed by atoms with E-state index in [9.17, 15) is 15.3 Å². The lowest BCUT2D eigenvalue weighted by molar-refractivity contribution is -0.300. The lowest BCUT2D eigenvalue weighted by Crippen LogP contribution is -2.62. The monoisotopic (exact) mass is 580 g/mol. The molecule has 8 atom stereocenters. The van der Waals surface area contributed by atoms with Crippen molar-refractivity contribution in [3.63, 3.8) is 0 Å². The van der Waals surface area contributed by atoms with E-state index in [1.807, 2.05) is 97.9 Å². The number of aliphatic hydroxyl groups excluding tert-OH is 2. The third kappa shape index (κ3) is 8.69. The van der Waals surface area contributed by atoms with Gasteiger partial charge in [-0.15, -0.1) is 0 Å². The molecule has 0 unspecified atom stereocenters. The van der Waals surface area contributed by atoms with Crippen LogP contribution in [0.4, 0.5) is 0 Å². The first kappa shape index (κ1) is 32.3. The van der Waals surface area contributed by atoms with Gasteiger partial charge in [0.1, 0.15) is 17.8 Å². The molecule has 0 aliphatic carbocycles. The molecule has 0 amide bonds.